The van der Waals surface area contributed by atoms with Gasteiger partial charge in [0, 0.05) is 18.0 Å². The summed E-state index contributed by atoms with van der Waals surface area (Å²) in [5.74, 6) is 2.95. The zero-order valence-corrected chi connectivity index (χ0v) is 12.2. The zero-order chi connectivity index (χ0) is 14.1. The minimum atomic E-state index is 0.436. The lowest BCUT2D eigenvalue weighted by Gasteiger charge is -2.30. The number of hydrogen-bond acceptors (Lipinski definition) is 4. The van der Waals surface area contributed by atoms with Crippen LogP contribution in [0.15, 0.2) is 34.9 Å². The second-order valence-electron chi connectivity index (χ2n) is 6.34. The third-order valence-corrected chi connectivity index (χ3v) is 4.62. The summed E-state index contributed by atoms with van der Waals surface area (Å²) in [7, 11) is 0. The topological polar surface area (TPSA) is 42.2 Å². The van der Waals surface area contributed by atoms with Crippen LogP contribution in [0.1, 0.15) is 37.5 Å². The van der Waals surface area contributed by atoms with Crippen LogP contribution in [0, 0.1) is 5.92 Å². The molecule has 1 saturated carbocycles. The van der Waals surface area contributed by atoms with E-state index in [4.69, 9.17) is 4.52 Å². The maximum absolute atomic E-state index is 5.51. The molecule has 1 saturated heterocycles. The number of piperidine rings is 1. The minimum Gasteiger partial charge on any atom is -0.339 e. The summed E-state index contributed by atoms with van der Waals surface area (Å²) in [6, 6.07) is 10.0. The third-order valence-electron chi connectivity index (χ3n) is 4.62. The molecule has 0 N–H and O–H groups in total. The van der Waals surface area contributed by atoms with Gasteiger partial charge >= 0.3 is 0 Å². The van der Waals surface area contributed by atoms with Crippen molar-refractivity contribution in [2.45, 2.75) is 31.6 Å². The Hall–Kier alpha value is -1.68. The Labute approximate surface area is 125 Å². The fraction of sp³-hybridized carbons (Fsp3) is 0.529. The normalized spacial score (nSPS) is 20.8. The highest BCUT2D eigenvalue weighted by molar-refractivity contribution is 5.53. The van der Waals surface area contributed by atoms with E-state index in [2.05, 4.69) is 15.0 Å². The number of hydrogen-bond donors (Lipinski definition) is 0. The Kier molecular flexibility index (Phi) is 3.47. The molecule has 2 aromatic rings. The maximum Gasteiger partial charge on any atom is 0.230 e. The van der Waals surface area contributed by atoms with E-state index in [0.717, 1.165) is 30.2 Å². The molecule has 2 heterocycles. The van der Waals surface area contributed by atoms with E-state index in [1.54, 1.807) is 0 Å². The predicted octanol–water partition coefficient (Wildman–Crippen LogP) is 3.33. The summed E-state index contributed by atoms with van der Waals surface area (Å²) >= 11 is 0. The summed E-state index contributed by atoms with van der Waals surface area (Å²) in [4.78, 5) is 7.21. The molecule has 1 aliphatic heterocycles. The largest absolute Gasteiger partial charge is 0.339 e. The van der Waals surface area contributed by atoms with Crippen LogP contribution in [0.5, 0.6) is 0 Å². The van der Waals surface area contributed by atoms with Crippen LogP contribution < -0.4 is 0 Å². The lowest BCUT2D eigenvalue weighted by Crippen LogP contribution is -2.34. The first kappa shape index (κ1) is 13.0. The predicted molar refractivity (Wildman–Crippen MR) is 80.9 cm³/mol. The summed E-state index contributed by atoms with van der Waals surface area (Å²) in [5, 5.41) is 4.14. The second-order valence-corrected chi connectivity index (χ2v) is 6.34. The van der Waals surface area contributed by atoms with Gasteiger partial charge in [-0.25, -0.2) is 0 Å². The van der Waals surface area contributed by atoms with Crippen molar-refractivity contribution in [3.63, 3.8) is 0 Å². The Balaban J connectivity index is 1.40. The molecule has 21 heavy (non-hydrogen) atoms. The van der Waals surface area contributed by atoms with E-state index < -0.39 is 0 Å². The fourth-order valence-corrected chi connectivity index (χ4v) is 3.13. The first-order valence-electron chi connectivity index (χ1n) is 8.00. The lowest BCUT2D eigenvalue weighted by molar-refractivity contribution is 0.188. The highest BCUT2D eigenvalue weighted by atomic mass is 16.5. The molecule has 110 valence electrons. The average molecular weight is 283 g/mol. The van der Waals surface area contributed by atoms with Gasteiger partial charge in [-0.05, 0) is 44.7 Å². The number of aromatic nitrogens is 2. The van der Waals surface area contributed by atoms with Crippen molar-refractivity contribution in [1.82, 2.24) is 15.0 Å². The number of rotatable bonds is 4. The van der Waals surface area contributed by atoms with Gasteiger partial charge in [0.2, 0.25) is 11.7 Å². The van der Waals surface area contributed by atoms with E-state index in [1.165, 1.54) is 32.5 Å². The molecule has 0 amide bonds. The van der Waals surface area contributed by atoms with Crippen LogP contribution >= 0.6 is 0 Å². The van der Waals surface area contributed by atoms with Crippen molar-refractivity contribution in [2.75, 3.05) is 19.6 Å². The number of benzene rings is 1. The van der Waals surface area contributed by atoms with Gasteiger partial charge in [-0.2, -0.15) is 4.98 Å². The van der Waals surface area contributed by atoms with Gasteiger partial charge in [-0.3, -0.25) is 0 Å². The van der Waals surface area contributed by atoms with Crippen LogP contribution in [-0.2, 0) is 0 Å². The van der Waals surface area contributed by atoms with E-state index in [-0.39, 0.29) is 0 Å². The van der Waals surface area contributed by atoms with Crippen molar-refractivity contribution < 1.29 is 4.52 Å². The lowest BCUT2D eigenvalue weighted by atomic mass is 9.96. The summed E-state index contributed by atoms with van der Waals surface area (Å²) < 4.78 is 5.51. The van der Waals surface area contributed by atoms with Crippen molar-refractivity contribution in [2.24, 2.45) is 5.92 Å². The van der Waals surface area contributed by atoms with Crippen molar-refractivity contribution in [3.05, 3.63) is 36.2 Å². The van der Waals surface area contributed by atoms with Crippen LogP contribution in [0.2, 0.25) is 0 Å². The van der Waals surface area contributed by atoms with E-state index >= 15 is 0 Å². The standard InChI is InChI=1S/C17H21N3O/c1-2-4-14(5-3-1)16-18-17(21-19-16)15-8-10-20(11-9-15)12-13-6-7-13/h1-5,13,15H,6-12H2. The summed E-state index contributed by atoms with van der Waals surface area (Å²) in [6.07, 6.45) is 5.15. The smallest absolute Gasteiger partial charge is 0.230 e. The van der Waals surface area contributed by atoms with Gasteiger partial charge < -0.3 is 9.42 Å². The van der Waals surface area contributed by atoms with Gasteiger partial charge in [0.1, 0.15) is 0 Å². The van der Waals surface area contributed by atoms with Gasteiger partial charge in [-0.1, -0.05) is 35.5 Å². The molecule has 0 radical (unpaired) electrons. The van der Waals surface area contributed by atoms with E-state index in [1.807, 2.05) is 30.3 Å². The highest BCUT2D eigenvalue weighted by Gasteiger charge is 2.29. The molecule has 1 aromatic carbocycles. The van der Waals surface area contributed by atoms with Gasteiger partial charge in [0.05, 0.1) is 0 Å². The van der Waals surface area contributed by atoms with Gasteiger partial charge in [0.15, 0.2) is 0 Å². The van der Waals surface area contributed by atoms with Crippen LogP contribution in [0.3, 0.4) is 0 Å². The molecule has 4 rings (SSSR count). The molecule has 0 bridgehead atoms. The van der Waals surface area contributed by atoms with Crippen LogP contribution in [-0.4, -0.2) is 34.7 Å². The zero-order valence-electron chi connectivity index (χ0n) is 12.2. The van der Waals surface area contributed by atoms with Crippen LogP contribution in [0.4, 0.5) is 0 Å². The second kappa shape index (κ2) is 5.60. The highest BCUT2D eigenvalue weighted by Crippen LogP contribution is 2.33. The number of nitrogens with zero attached hydrogens (tertiary/aromatic N) is 3. The number of likely N-dealkylation sites (tertiary alicyclic amines) is 1. The van der Waals surface area contributed by atoms with Crippen LogP contribution in [0.25, 0.3) is 11.4 Å². The third kappa shape index (κ3) is 3.00. The van der Waals surface area contributed by atoms with Gasteiger partial charge in [0.25, 0.3) is 0 Å². The Bertz CT molecular complexity index is 583. The molecule has 0 unspecified atom stereocenters. The molecule has 1 aliphatic carbocycles. The molecule has 4 nitrogen and oxygen atoms in total. The SMILES string of the molecule is c1ccc(-c2noc(C3CCN(CC4CC4)CC3)n2)cc1. The molecule has 4 heteroatoms. The minimum absolute atomic E-state index is 0.436. The monoisotopic (exact) mass is 283 g/mol. The van der Waals surface area contributed by atoms with E-state index in [9.17, 15) is 0 Å². The Morgan fingerprint density at radius 1 is 1.05 bits per heavy atom. The Morgan fingerprint density at radius 3 is 2.52 bits per heavy atom. The van der Waals surface area contributed by atoms with Crippen molar-refractivity contribution in [3.8, 4) is 11.4 Å². The quantitative estimate of drug-likeness (QED) is 0.863. The molecule has 1 aromatic heterocycles. The Morgan fingerprint density at radius 2 is 1.81 bits per heavy atom. The molecular formula is C17H21N3O. The first-order valence-corrected chi connectivity index (χ1v) is 8.00. The molecular weight excluding hydrogens is 262 g/mol. The van der Waals surface area contributed by atoms with Crippen molar-refractivity contribution >= 4 is 0 Å². The summed E-state index contributed by atoms with van der Waals surface area (Å²) in [5.41, 5.74) is 1.03. The van der Waals surface area contributed by atoms with Crippen molar-refractivity contribution in [1.29, 1.82) is 0 Å². The molecule has 2 fully saturated rings. The summed E-state index contributed by atoms with van der Waals surface area (Å²) in [6.45, 7) is 3.64. The molecule has 0 atom stereocenters. The first-order chi connectivity index (χ1) is 10.4. The maximum atomic E-state index is 5.51. The van der Waals surface area contributed by atoms with Gasteiger partial charge in [-0.15, -0.1) is 0 Å². The van der Waals surface area contributed by atoms with E-state index in [0.29, 0.717) is 11.7 Å². The molecule has 0 spiro atoms. The average Bonchev–Trinajstić information content (AvgIpc) is 3.22. The fourth-order valence-electron chi connectivity index (χ4n) is 3.13. The molecule has 2 aliphatic rings.